The van der Waals surface area contributed by atoms with Crippen molar-refractivity contribution in [1.82, 2.24) is 30.2 Å². The van der Waals surface area contributed by atoms with Crippen LogP contribution in [0.15, 0.2) is 23.6 Å². The summed E-state index contributed by atoms with van der Waals surface area (Å²) in [6.07, 6.45) is 5.41. The Balaban J connectivity index is 1.22. The van der Waals surface area contributed by atoms with Gasteiger partial charge in [0.05, 0.1) is 24.9 Å². The molecule has 7 rings (SSSR count). The van der Waals surface area contributed by atoms with E-state index in [1.807, 2.05) is 65.1 Å². The highest BCUT2D eigenvalue weighted by atomic mass is 32.2. The minimum absolute atomic E-state index is 0.0154. The van der Waals surface area contributed by atoms with Crippen LogP contribution in [-0.4, -0.2) is 92.5 Å². The largest absolute Gasteiger partial charge is 0.496 e. The number of nitrogens with zero attached hydrogens (tertiary/aromatic N) is 3. The van der Waals surface area contributed by atoms with Gasteiger partial charge in [-0.05, 0) is 94.6 Å². The van der Waals surface area contributed by atoms with Gasteiger partial charge in [0.25, 0.3) is 5.91 Å². The fourth-order valence-electron chi connectivity index (χ4n) is 8.18. The Morgan fingerprint density at radius 1 is 1.08 bits per heavy atom. The third kappa shape index (κ3) is 9.40. The fraction of sp³-hybridized carbons (Fsp3) is 0.614. The molecule has 1 saturated heterocycles. The Labute approximate surface area is 354 Å². The Morgan fingerprint density at radius 2 is 1.83 bits per heavy atom. The SMILES string of the molecule is C/C=S(\NC(=O)[C@@]1(NC(=O)[C@@H]2C[C@@H](Oc3cc(-c4csc(NC(C)C)n4)nc4c(C)c(OC)ccc34)CN2C(=O)[C@@H](NC(=O)CC2CC2)C(C)(C)C)CC1CC)C1CC1. The summed E-state index contributed by atoms with van der Waals surface area (Å²) in [5.74, 6) is 0.483. The zero-order valence-corrected chi connectivity index (χ0v) is 37.5. The van der Waals surface area contributed by atoms with E-state index in [0.29, 0.717) is 52.4 Å². The topological polar surface area (TPSA) is 164 Å². The lowest BCUT2D eigenvalue weighted by Gasteiger charge is -2.35. The van der Waals surface area contributed by atoms with Crippen molar-refractivity contribution < 1.29 is 28.7 Å². The number of thiazole rings is 1. The Kier molecular flexibility index (Phi) is 12.4. The van der Waals surface area contributed by atoms with Crippen LogP contribution in [0.25, 0.3) is 22.3 Å². The van der Waals surface area contributed by atoms with Gasteiger partial charge in [-0.25, -0.2) is 9.97 Å². The van der Waals surface area contributed by atoms with Crippen molar-refractivity contribution in [3.05, 3.63) is 29.1 Å². The number of likely N-dealkylation sites (tertiary alicyclic amines) is 1. The van der Waals surface area contributed by atoms with Crippen LogP contribution in [0.1, 0.15) is 105 Å². The second-order valence-electron chi connectivity index (χ2n) is 18.1. The highest BCUT2D eigenvalue weighted by molar-refractivity contribution is 8.14. The van der Waals surface area contributed by atoms with E-state index in [1.165, 1.54) is 11.3 Å². The van der Waals surface area contributed by atoms with Crippen LogP contribution in [0, 0.1) is 24.2 Å². The summed E-state index contributed by atoms with van der Waals surface area (Å²) >= 11 is 1.50. The average molecular weight is 848 g/mol. The molecule has 0 spiro atoms. The summed E-state index contributed by atoms with van der Waals surface area (Å²) in [7, 11) is 1.26. The van der Waals surface area contributed by atoms with Crippen LogP contribution in [0.5, 0.6) is 11.5 Å². The first-order chi connectivity index (χ1) is 28.0. The van der Waals surface area contributed by atoms with Gasteiger partial charge in [0.2, 0.25) is 17.7 Å². The summed E-state index contributed by atoms with van der Waals surface area (Å²) in [6.45, 7) is 15.9. The number of anilines is 1. The van der Waals surface area contributed by atoms with E-state index >= 15 is 0 Å². The third-order valence-electron chi connectivity index (χ3n) is 12.0. The molecule has 4 amide bonds. The molecule has 4 aliphatic rings. The number of hydrogen-bond donors (Lipinski definition) is 4. The first-order valence-corrected chi connectivity index (χ1v) is 23.4. The van der Waals surface area contributed by atoms with Crippen LogP contribution >= 0.6 is 22.0 Å². The summed E-state index contributed by atoms with van der Waals surface area (Å²) in [4.78, 5) is 68.2. The second-order valence-corrected chi connectivity index (χ2v) is 21.1. The van der Waals surface area contributed by atoms with Crippen molar-refractivity contribution in [2.45, 2.75) is 142 Å². The molecule has 1 aromatic carbocycles. The Bertz CT molecular complexity index is 2140. The minimum atomic E-state index is -1.05. The van der Waals surface area contributed by atoms with Crippen molar-refractivity contribution in [3.8, 4) is 22.9 Å². The summed E-state index contributed by atoms with van der Waals surface area (Å²) < 4.78 is 15.8. The predicted molar refractivity (Wildman–Crippen MR) is 236 cm³/mol. The van der Waals surface area contributed by atoms with Gasteiger partial charge >= 0.3 is 0 Å². The molecule has 15 heteroatoms. The first kappa shape index (κ1) is 42.9. The van der Waals surface area contributed by atoms with Gasteiger partial charge in [-0.1, -0.05) is 44.8 Å². The zero-order chi connectivity index (χ0) is 42.4. The van der Waals surface area contributed by atoms with Gasteiger partial charge < -0.3 is 35.0 Å². The van der Waals surface area contributed by atoms with Gasteiger partial charge in [0.15, 0.2) is 5.13 Å². The number of nitrogens with one attached hydrogen (secondary N) is 4. The van der Waals surface area contributed by atoms with Gasteiger partial charge in [-0.3, -0.25) is 19.2 Å². The third-order valence-corrected chi connectivity index (χ3v) is 14.9. The lowest BCUT2D eigenvalue weighted by Crippen LogP contribution is -2.59. The molecule has 2 aromatic heterocycles. The number of rotatable bonds is 16. The molecular formula is C44H61N7O6S2. The molecule has 4 N–H and O–H groups in total. The first-order valence-electron chi connectivity index (χ1n) is 21.2. The predicted octanol–water partition coefficient (Wildman–Crippen LogP) is 6.74. The van der Waals surface area contributed by atoms with E-state index in [1.54, 1.807) is 12.0 Å². The standard InChI is InChI=1S/C44H61N7O6S2/c1-10-27-21-44(27,41(55)50-59(11-2)29-14-15-29)49-39(53)33-19-28(22-51(33)40(54)38(43(6,7)8)48-36(52)18-26-12-13-26)57-35-20-31(32-23-58-42(47-32)45-24(3)4)46-37-25(5)34(56-9)17-16-30(35)37/h11,16-17,20,23-24,26-29,33,38H,10,12-15,18-19,21-22H2,1-9H3,(H,45,47)(H,48,52)(H,49,53)(H,50,55)/t27?,28-,33+,38-,44-,59?/m1/s1. The number of hydrogen-bond acceptors (Lipinski definition) is 10. The molecule has 3 aromatic rings. The van der Waals surface area contributed by atoms with Crippen LogP contribution in [-0.2, 0) is 19.2 Å². The van der Waals surface area contributed by atoms with E-state index in [0.717, 1.165) is 48.2 Å². The molecule has 1 aliphatic heterocycles. The number of methoxy groups -OCH3 is 1. The van der Waals surface area contributed by atoms with Crippen molar-refractivity contribution in [1.29, 1.82) is 0 Å². The number of aryl methyl sites for hydroxylation is 1. The van der Waals surface area contributed by atoms with Crippen LogP contribution in [0.4, 0.5) is 5.13 Å². The van der Waals surface area contributed by atoms with E-state index < -0.39 is 35.0 Å². The molecular weight excluding hydrogens is 787 g/mol. The summed E-state index contributed by atoms with van der Waals surface area (Å²) in [5.41, 5.74) is 1.13. The highest BCUT2D eigenvalue weighted by Crippen LogP contribution is 2.48. The van der Waals surface area contributed by atoms with Crippen molar-refractivity contribution in [3.63, 3.8) is 0 Å². The molecule has 4 fully saturated rings. The molecule has 13 nitrogen and oxygen atoms in total. The smallest absolute Gasteiger partial charge is 0.255 e. The molecule has 320 valence electrons. The van der Waals surface area contributed by atoms with E-state index in [2.05, 4.69) is 39.9 Å². The Morgan fingerprint density at radius 3 is 2.44 bits per heavy atom. The highest BCUT2D eigenvalue weighted by Gasteiger charge is 2.61. The number of carbonyl (C=O) groups is 4. The molecule has 2 unspecified atom stereocenters. The van der Waals surface area contributed by atoms with Crippen LogP contribution in [0.3, 0.4) is 0 Å². The maximum atomic E-state index is 14.8. The second kappa shape index (κ2) is 17.0. The number of ether oxygens (including phenoxy) is 2. The van der Waals surface area contributed by atoms with E-state index in [-0.39, 0.29) is 53.3 Å². The molecule has 59 heavy (non-hydrogen) atoms. The monoisotopic (exact) mass is 847 g/mol. The average Bonchev–Trinajstić information content (AvgIpc) is 4.15. The number of benzene rings is 1. The molecule has 3 saturated carbocycles. The van der Waals surface area contributed by atoms with E-state index in [4.69, 9.17) is 19.4 Å². The quantitative estimate of drug-likeness (QED) is 0.114. The molecule has 3 heterocycles. The maximum absolute atomic E-state index is 14.8. The van der Waals surface area contributed by atoms with E-state index in [9.17, 15) is 19.2 Å². The van der Waals surface area contributed by atoms with Crippen molar-refractivity contribution in [2.75, 3.05) is 19.0 Å². The number of carbonyl (C=O) groups excluding carboxylic acids is 4. The number of aromatic nitrogens is 2. The van der Waals surface area contributed by atoms with Crippen molar-refractivity contribution in [2.24, 2.45) is 17.3 Å². The van der Waals surface area contributed by atoms with Gasteiger partial charge in [0.1, 0.15) is 40.9 Å². The lowest BCUT2D eigenvalue weighted by atomic mass is 9.85. The fourth-order valence-corrected chi connectivity index (χ4v) is 10.7. The molecule has 0 bridgehead atoms. The number of amides is 4. The van der Waals surface area contributed by atoms with Crippen molar-refractivity contribution >= 4 is 67.0 Å². The van der Waals surface area contributed by atoms with Crippen LogP contribution < -0.4 is 30.1 Å². The van der Waals surface area contributed by atoms with Gasteiger partial charge in [0, 0.05) is 46.5 Å². The van der Waals surface area contributed by atoms with Gasteiger partial charge in [-0.15, -0.1) is 11.3 Å². The maximum Gasteiger partial charge on any atom is 0.255 e. The number of fused-ring (bicyclic) bond motifs is 1. The number of pyridine rings is 1. The Hall–Kier alpha value is -4.24. The zero-order valence-electron chi connectivity index (χ0n) is 35.9. The lowest BCUT2D eigenvalue weighted by molar-refractivity contribution is -0.144. The summed E-state index contributed by atoms with van der Waals surface area (Å²) in [5, 5.41) is 15.6. The minimum Gasteiger partial charge on any atom is -0.496 e. The molecule has 6 atom stereocenters. The normalized spacial score (nSPS) is 23.8. The van der Waals surface area contributed by atoms with Gasteiger partial charge in [-0.2, -0.15) is 0 Å². The molecule has 3 aliphatic carbocycles. The summed E-state index contributed by atoms with van der Waals surface area (Å²) in [6, 6.07) is 4.04. The van der Waals surface area contributed by atoms with Crippen LogP contribution in [0.2, 0.25) is 0 Å². The molecule has 0 radical (unpaired) electrons.